The van der Waals surface area contributed by atoms with Gasteiger partial charge in [0.25, 0.3) is 0 Å². The molecule has 0 spiro atoms. The van der Waals surface area contributed by atoms with E-state index in [9.17, 15) is 4.79 Å². The van der Waals surface area contributed by atoms with E-state index < -0.39 is 0 Å². The van der Waals surface area contributed by atoms with E-state index in [0.717, 1.165) is 5.69 Å². The van der Waals surface area contributed by atoms with Gasteiger partial charge in [0.2, 0.25) is 11.1 Å². The Labute approximate surface area is 153 Å². The number of rotatable bonds is 6. The molecular formula is C16H14ClN5O2S. The van der Waals surface area contributed by atoms with Gasteiger partial charge in [0.05, 0.1) is 29.3 Å². The molecule has 0 saturated heterocycles. The largest absolute Gasteiger partial charge is 0.497 e. The van der Waals surface area contributed by atoms with Crippen LogP contribution in [0.4, 0.5) is 5.69 Å². The molecule has 1 amide bonds. The van der Waals surface area contributed by atoms with Crippen molar-refractivity contribution in [2.45, 2.75) is 5.16 Å². The molecule has 0 atom stereocenters. The summed E-state index contributed by atoms with van der Waals surface area (Å²) in [7, 11) is 1.59. The molecule has 0 aliphatic heterocycles. The summed E-state index contributed by atoms with van der Waals surface area (Å²) in [4.78, 5) is 12.1. The Hall–Kier alpha value is -2.58. The molecule has 0 bridgehead atoms. The number of ether oxygens (including phenoxy) is 1. The highest BCUT2D eigenvalue weighted by Crippen LogP contribution is 2.23. The first-order valence-electron chi connectivity index (χ1n) is 7.27. The Morgan fingerprint density at radius 2 is 2.12 bits per heavy atom. The lowest BCUT2D eigenvalue weighted by atomic mass is 10.3. The number of nitrogens with one attached hydrogen (secondary N) is 1. The summed E-state index contributed by atoms with van der Waals surface area (Å²) in [6.07, 6.45) is 0. The van der Waals surface area contributed by atoms with Crippen molar-refractivity contribution in [2.24, 2.45) is 0 Å². The van der Waals surface area contributed by atoms with Crippen molar-refractivity contribution in [3.63, 3.8) is 0 Å². The maximum absolute atomic E-state index is 12.1. The molecule has 7 nitrogen and oxygen atoms in total. The summed E-state index contributed by atoms with van der Waals surface area (Å²) in [6, 6.07) is 14.4. The zero-order valence-electron chi connectivity index (χ0n) is 13.2. The first-order chi connectivity index (χ1) is 12.2. The minimum atomic E-state index is -0.196. The average Bonchev–Trinajstić information content (AvgIpc) is 3.10. The topological polar surface area (TPSA) is 81.9 Å². The van der Waals surface area contributed by atoms with Gasteiger partial charge >= 0.3 is 0 Å². The van der Waals surface area contributed by atoms with Crippen LogP contribution >= 0.6 is 23.4 Å². The molecule has 0 fully saturated rings. The van der Waals surface area contributed by atoms with Crippen LogP contribution < -0.4 is 10.1 Å². The van der Waals surface area contributed by atoms with Crippen molar-refractivity contribution in [3.05, 3.63) is 53.6 Å². The summed E-state index contributed by atoms with van der Waals surface area (Å²) in [5.41, 5.74) is 1.32. The Bertz CT molecular complexity index is 886. The van der Waals surface area contributed by atoms with Crippen LogP contribution in [0, 0.1) is 0 Å². The van der Waals surface area contributed by atoms with Crippen LogP contribution in [0.2, 0.25) is 5.02 Å². The molecule has 1 aromatic heterocycles. The van der Waals surface area contributed by atoms with E-state index >= 15 is 0 Å². The molecule has 3 rings (SSSR count). The lowest BCUT2D eigenvalue weighted by Gasteiger charge is -2.07. The second-order valence-corrected chi connectivity index (χ2v) is 6.24. The van der Waals surface area contributed by atoms with Crippen LogP contribution in [0.1, 0.15) is 0 Å². The molecule has 25 heavy (non-hydrogen) atoms. The second kappa shape index (κ2) is 8.00. The molecule has 128 valence electrons. The predicted molar refractivity (Wildman–Crippen MR) is 96.5 cm³/mol. The Balaban J connectivity index is 1.67. The number of para-hydroxylation sites is 1. The smallest absolute Gasteiger partial charge is 0.234 e. The van der Waals surface area contributed by atoms with E-state index in [4.69, 9.17) is 16.3 Å². The molecule has 0 radical (unpaired) electrons. The van der Waals surface area contributed by atoms with Crippen molar-refractivity contribution in [3.8, 4) is 11.4 Å². The number of thioether (sulfide) groups is 1. The highest BCUT2D eigenvalue weighted by molar-refractivity contribution is 7.99. The maximum Gasteiger partial charge on any atom is 0.234 e. The van der Waals surface area contributed by atoms with E-state index in [0.29, 0.717) is 21.6 Å². The van der Waals surface area contributed by atoms with Gasteiger partial charge in [0, 0.05) is 6.07 Å². The van der Waals surface area contributed by atoms with Crippen LogP contribution in [-0.4, -0.2) is 39.0 Å². The number of hydrogen-bond donors (Lipinski definition) is 1. The average molecular weight is 376 g/mol. The molecule has 1 heterocycles. The normalized spacial score (nSPS) is 10.5. The number of benzene rings is 2. The quantitative estimate of drug-likeness (QED) is 0.667. The number of aromatic nitrogens is 4. The maximum atomic E-state index is 12.1. The summed E-state index contributed by atoms with van der Waals surface area (Å²) in [5, 5.41) is 15.4. The zero-order chi connectivity index (χ0) is 17.6. The third-order valence-electron chi connectivity index (χ3n) is 3.22. The molecule has 2 aromatic carbocycles. The molecule has 0 aliphatic rings. The van der Waals surface area contributed by atoms with E-state index in [2.05, 4.69) is 20.8 Å². The van der Waals surface area contributed by atoms with Crippen LogP contribution in [0.15, 0.2) is 53.7 Å². The van der Waals surface area contributed by atoms with E-state index in [-0.39, 0.29) is 11.7 Å². The summed E-state index contributed by atoms with van der Waals surface area (Å²) < 4.78 is 6.75. The number of hydrogen-bond acceptors (Lipinski definition) is 6. The fourth-order valence-corrected chi connectivity index (χ4v) is 2.93. The number of amides is 1. The van der Waals surface area contributed by atoms with E-state index in [1.807, 2.05) is 24.3 Å². The number of anilines is 1. The SMILES string of the molecule is COc1cccc(-n2nnnc2SCC(=O)Nc2ccccc2Cl)c1. The van der Waals surface area contributed by atoms with Gasteiger partial charge < -0.3 is 10.1 Å². The van der Waals surface area contributed by atoms with Gasteiger partial charge in [-0.2, -0.15) is 4.68 Å². The van der Waals surface area contributed by atoms with Crippen LogP contribution in [0.3, 0.4) is 0 Å². The minimum absolute atomic E-state index is 0.148. The highest BCUT2D eigenvalue weighted by Gasteiger charge is 2.13. The number of carbonyl (C=O) groups excluding carboxylic acids is 1. The standard InChI is InChI=1S/C16H14ClN5O2S/c1-24-12-6-4-5-11(9-12)22-16(19-20-21-22)25-10-15(23)18-14-8-3-2-7-13(14)17/h2-9H,10H2,1H3,(H,18,23). The summed E-state index contributed by atoms with van der Waals surface area (Å²) in [6.45, 7) is 0. The molecule has 0 saturated carbocycles. The van der Waals surface area contributed by atoms with Crippen molar-refractivity contribution in [1.82, 2.24) is 20.2 Å². The molecular weight excluding hydrogens is 362 g/mol. The van der Waals surface area contributed by atoms with Gasteiger partial charge in [-0.05, 0) is 34.7 Å². The Morgan fingerprint density at radius 1 is 1.28 bits per heavy atom. The molecule has 9 heteroatoms. The summed E-state index contributed by atoms with van der Waals surface area (Å²) in [5.74, 6) is 0.647. The number of tetrazole rings is 1. The van der Waals surface area contributed by atoms with Gasteiger partial charge in [-0.3, -0.25) is 4.79 Å². The third-order valence-corrected chi connectivity index (χ3v) is 4.47. The van der Waals surface area contributed by atoms with Gasteiger partial charge in [0.1, 0.15) is 5.75 Å². The van der Waals surface area contributed by atoms with Gasteiger partial charge in [-0.1, -0.05) is 41.6 Å². The van der Waals surface area contributed by atoms with Gasteiger partial charge in [0.15, 0.2) is 0 Å². The highest BCUT2D eigenvalue weighted by atomic mass is 35.5. The second-order valence-electron chi connectivity index (χ2n) is 4.89. The fraction of sp³-hybridized carbons (Fsp3) is 0.125. The number of methoxy groups -OCH3 is 1. The summed E-state index contributed by atoms with van der Waals surface area (Å²) >= 11 is 7.26. The third kappa shape index (κ3) is 4.28. The first kappa shape index (κ1) is 17.2. The molecule has 0 aliphatic carbocycles. The van der Waals surface area contributed by atoms with Crippen molar-refractivity contribution in [2.75, 3.05) is 18.2 Å². The molecule has 3 aromatic rings. The number of carbonyl (C=O) groups is 1. The zero-order valence-corrected chi connectivity index (χ0v) is 14.8. The monoisotopic (exact) mass is 375 g/mol. The van der Waals surface area contributed by atoms with E-state index in [1.54, 1.807) is 36.1 Å². The molecule has 0 unspecified atom stereocenters. The van der Waals surface area contributed by atoms with Crippen LogP contribution in [-0.2, 0) is 4.79 Å². The predicted octanol–water partition coefficient (Wildman–Crippen LogP) is 3.06. The molecule has 1 N–H and O–H groups in total. The minimum Gasteiger partial charge on any atom is -0.497 e. The van der Waals surface area contributed by atoms with Crippen LogP contribution in [0.5, 0.6) is 5.75 Å². The number of halogens is 1. The first-order valence-corrected chi connectivity index (χ1v) is 8.63. The lowest BCUT2D eigenvalue weighted by Crippen LogP contribution is -2.14. The lowest BCUT2D eigenvalue weighted by molar-refractivity contribution is -0.113. The van der Waals surface area contributed by atoms with Gasteiger partial charge in [-0.15, -0.1) is 5.10 Å². The van der Waals surface area contributed by atoms with Crippen molar-refractivity contribution >= 4 is 35.0 Å². The van der Waals surface area contributed by atoms with Gasteiger partial charge in [-0.25, -0.2) is 0 Å². The Kier molecular flexibility index (Phi) is 5.52. The fourth-order valence-electron chi connectivity index (χ4n) is 2.05. The van der Waals surface area contributed by atoms with Crippen LogP contribution in [0.25, 0.3) is 5.69 Å². The van der Waals surface area contributed by atoms with Crippen molar-refractivity contribution < 1.29 is 9.53 Å². The number of nitrogens with zero attached hydrogens (tertiary/aromatic N) is 4. The Morgan fingerprint density at radius 3 is 2.92 bits per heavy atom. The van der Waals surface area contributed by atoms with Crippen molar-refractivity contribution in [1.29, 1.82) is 0 Å². The van der Waals surface area contributed by atoms with E-state index in [1.165, 1.54) is 11.8 Å².